The number of carbonyl (C=O) groups excluding carboxylic acids is 1. The van der Waals surface area contributed by atoms with Crippen molar-refractivity contribution in [1.82, 2.24) is 19.9 Å². The Kier molecular flexibility index (Phi) is 5.80. The summed E-state index contributed by atoms with van der Waals surface area (Å²) in [4.78, 5) is 20.8. The van der Waals surface area contributed by atoms with Gasteiger partial charge < -0.3 is 9.42 Å². The zero-order valence-corrected chi connectivity index (χ0v) is 16.8. The van der Waals surface area contributed by atoms with Gasteiger partial charge >= 0.3 is 0 Å². The maximum Gasteiger partial charge on any atom is 0.258 e. The molecule has 0 spiro atoms. The maximum absolute atomic E-state index is 14.0. The van der Waals surface area contributed by atoms with Crippen molar-refractivity contribution in [3.05, 3.63) is 69.8 Å². The molecule has 1 aliphatic rings. The quantitative estimate of drug-likeness (QED) is 0.617. The average molecular weight is 435 g/mol. The van der Waals surface area contributed by atoms with E-state index in [1.54, 1.807) is 17.0 Å². The number of nitrogens with zero attached hydrogens (tertiary/aromatic N) is 4. The van der Waals surface area contributed by atoms with Crippen molar-refractivity contribution in [3.8, 4) is 11.4 Å². The molecular weight excluding hydrogens is 418 g/mol. The summed E-state index contributed by atoms with van der Waals surface area (Å²) in [5.74, 6) is -0.00682. The van der Waals surface area contributed by atoms with Crippen LogP contribution in [0, 0.1) is 5.82 Å². The highest BCUT2D eigenvalue weighted by molar-refractivity contribution is 6.33. The molecule has 4 rings (SSSR count). The van der Waals surface area contributed by atoms with Crippen LogP contribution in [0.1, 0.15) is 16.2 Å². The van der Waals surface area contributed by atoms with Crippen LogP contribution in [0.3, 0.4) is 0 Å². The molecule has 1 aromatic heterocycles. The van der Waals surface area contributed by atoms with Crippen LogP contribution in [0.2, 0.25) is 10.0 Å². The number of hydrogen-bond acceptors (Lipinski definition) is 5. The standard InChI is InChI=1S/C20H17Cl2FN4O2/c21-14-6-4-13(5-7-14)19-24-17(29-25-19)12-26-8-10-27(11-9-26)20(28)18-15(22)2-1-3-16(18)23/h1-7H,8-12H2. The van der Waals surface area contributed by atoms with Crippen LogP contribution >= 0.6 is 23.2 Å². The van der Waals surface area contributed by atoms with Crippen LogP contribution in [0.25, 0.3) is 11.4 Å². The SMILES string of the molecule is O=C(c1c(F)cccc1Cl)N1CCN(Cc2nc(-c3ccc(Cl)cc3)no2)CC1. The molecule has 3 aromatic rings. The van der Waals surface area contributed by atoms with Gasteiger partial charge in [-0.15, -0.1) is 0 Å². The number of carbonyl (C=O) groups is 1. The fraction of sp³-hybridized carbons (Fsp3) is 0.250. The third kappa shape index (κ3) is 4.42. The Bertz CT molecular complexity index is 997. The van der Waals surface area contributed by atoms with Crippen LogP contribution in [-0.4, -0.2) is 52.0 Å². The number of aromatic nitrogens is 2. The van der Waals surface area contributed by atoms with Gasteiger partial charge in [-0.1, -0.05) is 34.4 Å². The number of piperazine rings is 1. The lowest BCUT2D eigenvalue weighted by atomic mass is 10.1. The second-order valence-electron chi connectivity index (χ2n) is 6.68. The Morgan fingerprint density at radius 2 is 1.79 bits per heavy atom. The molecule has 0 aliphatic carbocycles. The van der Waals surface area contributed by atoms with Crippen molar-refractivity contribution >= 4 is 29.1 Å². The van der Waals surface area contributed by atoms with E-state index in [1.807, 2.05) is 12.1 Å². The normalized spacial score (nSPS) is 14.9. The Hall–Kier alpha value is -2.48. The largest absolute Gasteiger partial charge is 0.338 e. The van der Waals surface area contributed by atoms with Crippen LogP contribution in [0.5, 0.6) is 0 Å². The summed E-state index contributed by atoms with van der Waals surface area (Å²) in [5, 5.41) is 4.77. The maximum atomic E-state index is 14.0. The lowest BCUT2D eigenvalue weighted by molar-refractivity contribution is 0.0611. The van der Waals surface area contributed by atoms with E-state index in [-0.39, 0.29) is 10.6 Å². The molecule has 150 valence electrons. The molecule has 0 radical (unpaired) electrons. The third-order valence-corrected chi connectivity index (χ3v) is 5.33. The van der Waals surface area contributed by atoms with Gasteiger partial charge in [-0.3, -0.25) is 9.69 Å². The Labute approximate surface area is 176 Å². The van der Waals surface area contributed by atoms with E-state index in [2.05, 4.69) is 15.0 Å². The van der Waals surface area contributed by atoms with Gasteiger partial charge in [0.05, 0.1) is 17.1 Å². The first-order valence-corrected chi connectivity index (χ1v) is 9.81. The summed E-state index contributed by atoms with van der Waals surface area (Å²) in [6.07, 6.45) is 0. The van der Waals surface area contributed by atoms with Crippen LogP contribution < -0.4 is 0 Å². The van der Waals surface area contributed by atoms with Gasteiger partial charge in [0.1, 0.15) is 5.82 Å². The lowest BCUT2D eigenvalue weighted by Gasteiger charge is -2.34. The Morgan fingerprint density at radius 1 is 1.07 bits per heavy atom. The molecular formula is C20H17Cl2FN4O2. The van der Waals surface area contributed by atoms with Gasteiger partial charge in [0.25, 0.3) is 5.91 Å². The van der Waals surface area contributed by atoms with Crippen molar-refractivity contribution in [1.29, 1.82) is 0 Å². The predicted molar refractivity (Wildman–Crippen MR) is 107 cm³/mol. The van der Waals surface area contributed by atoms with Gasteiger partial charge in [-0.25, -0.2) is 4.39 Å². The molecule has 0 unspecified atom stereocenters. The fourth-order valence-electron chi connectivity index (χ4n) is 3.20. The van der Waals surface area contributed by atoms with E-state index in [9.17, 15) is 9.18 Å². The molecule has 0 atom stereocenters. The Morgan fingerprint density at radius 3 is 2.48 bits per heavy atom. The number of rotatable bonds is 4. The van der Waals surface area contributed by atoms with E-state index >= 15 is 0 Å². The second kappa shape index (κ2) is 8.49. The molecule has 1 amide bonds. The molecule has 1 saturated heterocycles. The van der Waals surface area contributed by atoms with E-state index in [1.165, 1.54) is 18.2 Å². The van der Waals surface area contributed by atoms with Crippen LogP contribution in [0.15, 0.2) is 47.0 Å². The zero-order chi connectivity index (χ0) is 20.4. The molecule has 2 aromatic carbocycles. The highest BCUT2D eigenvalue weighted by atomic mass is 35.5. The highest BCUT2D eigenvalue weighted by Gasteiger charge is 2.26. The van der Waals surface area contributed by atoms with Crippen molar-refractivity contribution in [3.63, 3.8) is 0 Å². The summed E-state index contributed by atoms with van der Waals surface area (Å²) < 4.78 is 19.4. The summed E-state index contributed by atoms with van der Waals surface area (Å²) in [6, 6.07) is 11.4. The molecule has 0 N–H and O–H groups in total. The predicted octanol–water partition coefficient (Wildman–Crippen LogP) is 4.14. The van der Waals surface area contributed by atoms with Crippen LogP contribution in [0.4, 0.5) is 4.39 Å². The van der Waals surface area contributed by atoms with Crippen molar-refractivity contribution in [2.75, 3.05) is 26.2 Å². The molecule has 9 heteroatoms. The fourth-order valence-corrected chi connectivity index (χ4v) is 3.57. The summed E-state index contributed by atoms with van der Waals surface area (Å²) in [6.45, 7) is 2.61. The van der Waals surface area contributed by atoms with Crippen molar-refractivity contribution in [2.45, 2.75) is 6.54 Å². The minimum absolute atomic E-state index is 0.0767. The first-order chi connectivity index (χ1) is 14.0. The molecule has 1 fully saturated rings. The second-order valence-corrected chi connectivity index (χ2v) is 7.53. The van der Waals surface area contributed by atoms with Crippen molar-refractivity contribution in [2.24, 2.45) is 0 Å². The number of halogens is 3. The third-order valence-electron chi connectivity index (χ3n) is 4.77. The lowest BCUT2D eigenvalue weighted by Crippen LogP contribution is -2.48. The first-order valence-electron chi connectivity index (χ1n) is 9.05. The van der Waals surface area contributed by atoms with Gasteiger partial charge in [-0.2, -0.15) is 4.98 Å². The minimum atomic E-state index is -0.606. The first kappa shape index (κ1) is 19.8. The summed E-state index contributed by atoms with van der Waals surface area (Å²) in [7, 11) is 0. The van der Waals surface area contributed by atoms with Gasteiger partial charge in [-0.05, 0) is 36.4 Å². The Balaban J connectivity index is 1.36. The zero-order valence-electron chi connectivity index (χ0n) is 15.3. The van der Waals surface area contributed by atoms with Crippen LogP contribution in [-0.2, 0) is 6.54 Å². The summed E-state index contributed by atoms with van der Waals surface area (Å²) in [5.41, 5.74) is 0.744. The number of benzene rings is 2. The summed E-state index contributed by atoms with van der Waals surface area (Å²) >= 11 is 11.9. The molecule has 29 heavy (non-hydrogen) atoms. The van der Waals surface area contributed by atoms with Gasteiger partial charge in [0, 0.05) is 36.8 Å². The minimum Gasteiger partial charge on any atom is -0.338 e. The number of hydrogen-bond donors (Lipinski definition) is 0. The highest BCUT2D eigenvalue weighted by Crippen LogP contribution is 2.22. The number of amides is 1. The van der Waals surface area contributed by atoms with Gasteiger partial charge in [0.15, 0.2) is 0 Å². The van der Waals surface area contributed by atoms with Crippen molar-refractivity contribution < 1.29 is 13.7 Å². The van der Waals surface area contributed by atoms with E-state index < -0.39 is 11.7 Å². The monoisotopic (exact) mass is 434 g/mol. The molecule has 6 nitrogen and oxygen atoms in total. The molecule has 0 saturated carbocycles. The van der Waals surface area contributed by atoms with E-state index in [0.29, 0.717) is 49.5 Å². The smallest absolute Gasteiger partial charge is 0.258 e. The topological polar surface area (TPSA) is 62.5 Å². The van der Waals surface area contributed by atoms with Gasteiger partial charge in [0.2, 0.25) is 11.7 Å². The van der Waals surface area contributed by atoms with E-state index in [0.717, 1.165) is 5.56 Å². The molecule has 1 aliphatic heterocycles. The average Bonchev–Trinajstić information content (AvgIpc) is 3.17. The molecule has 2 heterocycles. The molecule has 0 bridgehead atoms. The van der Waals surface area contributed by atoms with E-state index in [4.69, 9.17) is 27.7 Å².